The summed E-state index contributed by atoms with van der Waals surface area (Å²) in [5.74, 6) is 0. The molecule has 0 atom stereocenters. The van der Waals surface area contributed by atoms with E-state index in [1.54, 1.807) is 7.11 Å². The third-order valence-corrected chi connectivity index (χ3v) is 2.10. The molecule has 0 amide bonds. The quantitative estimate of drug-likeness (QED) is 0.555. The Balaban J connectivity index is 3.84. The van der Waals surface area contributed by atoms with Crippen molar-refractivity contribution in [3.05, 3.63) is 12.2 Å². The zero-order valence-electron chi connectivity index (χ0n) is 9.25. The monoisotopic (exact) mass is 196 g/mol. The Kier molecular flexibility index (Phi) is 8.20. The molecule has 3 heteroatoms. The largest absolute Gasteiger partial charge is 0.383 e. The van der Waals surface area contributed by atoms with Gasteiger partial charge in [0.1, 0.15) is 0 Å². The van der Waals surface area contributed by atoms with Gasteiger partial charge in [-0.25, -0.2) is 0 Å². The third-order valence-electron chi connectivity index (χ3n) is 2.10. The second-order valence-electron chi connectivity index (χ2n) is 3.28. The molecule has 0 saturated carbocycles. The van der Waals surface area contributed by atoms with E-state index in [-0.39, 0.29) is 0 Å². The number of methoxy groups -OCH3 is 1. The maximum Gasteiger partial charge on any atom is 0.0635 e. The minimum atomic E-state index is 0.570. The molecule has 0 aromatic carbocycles. The predicted octanol–water partition coefficient (Wildman–Crippen LogP) is 1.81. The first-order chi connectivity index (χ1) is 6.74. The smallest absolute Gasteiger partial charge is 0.0635 e. The summed E-state index contributed by atoms with van der Waals surface area (Å²) in [5, 5.41) is 8.50. The van der Waals surface area contributed by atoms with E-state index in [2.05, 4.69) is 24.5 Å². The number of hydrogen-bond donors (Lipinski definition) is 0. The lowest BCUT2D eigenvalue weighted by molar-refractivity contribution is 0.154. The average Bonchev–Trinajstić information content (AvgIpc) is 2.21. The molecule has 0 heterocycles. The molecule has 80 valence electrons. The van der Waals surface area contributed by atoms with E-state index in [4.69, 9.17) is 10.00 Å². The summed E-state index contributed by atoms with van der Waals surface area (Å²) in [4.78, 5) is 2.21. The number of nitriles is 1. The lowest BCUT2D eigenvalue weighted by atomic mass is 10.2. The van der Waals surface area contributed by atoms with Gasteiger partial charge in [-0.15, -0.1) is 0 Å². The van der Waals surface area contributed by atoms with Crippen LogP contribution in [-0.2, 0) is 4.74 Å². The number of rotatable bonds is 8. The van der Waals surface area contributed by atoms with Gasteiger partial charge in [0.2, 0.25) is 0 Å². The van der Waals surface area contributed by atoms with Crippen molar-refractivity contribution in [2.75, 3.05) is 33.4 Å². The highest BCUT2D eigenvalue weighted by atomic mass is 16.5. The van der Waals surface area contributed by atoms with Crippen molar-refractivity contribution in [1.82, 2.24) is 4.90 Å². The molecule has 0 spiro atoms. The summed E-state index contributed by atoms with van der Waals surface area (Å²) < 4.78 is 5.01. The maximum atomic E-state index is 8.50. The zero-order chi connectivity index (χ0) is 10.8. The Morgan fingerprint density at radius 3 is 2.71 bits per heavy atom. The van der Waals surface area contributed by atoms with Crippen LogP contribution in [0.4, 0.5) is 0 Å². The summed E-state index contributed by atoms with van der Waals surface area (Å²) in [6.07, 6.45) is 1.57. The van der Waals surface area contributed by atoms with E-state index in [0.29, 0.717) is 13.0 Å². The van der Waals surface area contributed by atoms with E-state index >= 15 is 0 Å². The van der Waals surface area contributed by atoms with Gasteiger partial charge in [-0.05, 0) is 6.42 Å². The van der Waals surface area contributed by atoms with Crippen LogP contribution in [0.1, 0.15) is 19.8 Å². The van der Waals surface area contributed by atoms with Crippen LogP contribution in [-0.4, -0.2) is 38.3 Å². The van der Waals surface area contributed by atoms with Gasteiger partial charge in [0.15, 0.2) is 0 Å². The summed E-state index contributed by atoms with van der Waals surface area (Å²) in [6.45, 7) is 9.33. The normalized spacial score (nSPS) is 10.1. The Hall–Kier alpha value is -0.850. The van der Waals surface area contributed by atoms with Gasteiger partial charge in [-0.1, -0.05) is 19.1 Å². The Bertz CT molecular complexity index is 196. The highest BCUT2D eigenvalue weighted by Gasteiger charge is 2.04. The summed E-state index contributed by atoms with van der Waals surface area (Å²) in [7, 11) is 1.69. The molecule has 0 aromatic rings. The van der Waals surface area contributed by atoms with Gasteiger partial charge in [-0.3, -0.25) is 4.90 Å². The Morgan fingerprint density at radius 2 is 2.21 bits per heavy atom. The minimum Gasteiger partial charge on any atom is -0.383 e. The van der Waals surface area contributed by atoms with E-state index < -0.39 is 0 Å². The molecule has 0 bridgehead atoms. The predicted molar refractivity (Wildman–Crippen MR) is 58.0 cm³/mol. The number of ether oxygens (including phenoxy) is 1. The maximum absolute atomic E-state index is 8.50. The fourth-order valence-corrected chi connectivity index (χ4v) is 1.13. The zero-order valence-corrected chi connectivity index (χ0v) is 9.25. The molecule has 0 radical (unpaired) electrons. The standard InChI is InChI=1S/C11H20N2O/c1-4-11(2)10-13(7-5-6-12)8-9-14-3/h2,4-5,7-10H2,1,3H3. The SMILES string of the molecule is C=C(CC)CN(CCC#N)CCOC. The fourth-order valence-electron chi connectivity index (χ4n) is 1.13. The van der Waals surface area contributed by atoms with Crippen molar-refractivity contribution < 1.29 is 4.74 Å². The van der Waals surface area contributed by atoms with Crippen molar-refractivity contribution in [2.24, 2.45) is 0 Å². The molecule has 0 unspecified atom stereocenters. The van der Waals surface area contributed by atoms with Crippen LogP contribution in [0, 0.1) is 11.3 Å². The van der Waals surface area contributed by atoms with Crippen molar-refractivity contribution in [1.29, 1.82) is 5.26 Å². The molecule has 0 aliphatic heterocycles. The third kappa shape index (κ3) is 6.64. The van der Waals surface area contributed by atoms with Crippen molar-refractivity contribution in [3.63, 3.8) is 0 Å². The average molecular weight is 196 g/mol. The number of nitrogens with zero attached hydrogens (tertiary/aromatic N) is 2. The highest BCUT2D eigenvalue weighted by Crippen LogP contribution is 2.01. The lowest BCUT2D eigenvalue weighted by Crippen LogP contribution is -2.30. The number of hydrogen-bond acceptors (Lipinski definition) is 3. The molecular formula is C11H20N2O. The van der Waals surface area contributed by atoms with Gasteiger partial charge < -0.3 is 4.74 Å². The van der Waals surface area contributed by atoms with Crippen LogP contribution in [0.5, 0.6) is 0 Å². The Morgan fingerprint density at radius 1 is 1.50 bits per heavy atom. The molecule has 0 aliphatic carbocycles. The first kappa shape index (κ1) is 13.2. The molecule has 0 N–H and O–H groups in total. The molecule has 0 fully saturated rings. The molecule has 0 rings (SSSR count). The van der Waals surface area contributed by atoms with Gasteiger partial charge in [0, 0.05) is 33.2 Å². The van der Waals surface area contributed by atoms with E-state index in [1.165, 1.54) is 5.57 Å². The molecule has 0 saturated heterocycles. The van der Waals surface area contributed by atoms with Crippen molar-refractivity contribution in [2.45, 2.75) is 19.8 Å². The first-order valence-corrected chi connectivity index (χ1v) is 4.99. The molecule has 0 aromatic heterocycles. The molecule has 14 heavy (non-hydrogen) atoms. The van der Waals surface area contributed by atoms with E-state index in [1.807, 2.05) is 0 Å². The molecule has 0 aliphatic rings. The topological polar surface area (TPSA) is 36.3 Å². The van der Waals surface area contributed by atoms with Gasteiger partial charge in [-0.2, -0.15) is 5.26 Å². The second kappa shape index (κ2) is 8.74. The summed E-state index contributed by atoms with van der Waals surface area (Å²) in [5.41, 5.74) is 1.21. The van der Waals surface area contributed by atoms with Crippen LogP contribution in [0.3, 0.4) is 0 Å². The van der Waals surface area contributed by atoms with Crippen LogP contribution in [0.25, 0.3) is 0 Å². The van der Waals surface area contributed by atoms with Crippen LogP contribution >= 0.6 is 0 Å². The van der Waals surface area contributed by atoms with Crippen LogP contribution in [0.2, 0.25) is 0 Å². The van der Waals surface area contributed by atoms with Crippen molar-refractivity contribution in [3.8, 4) is 6.07 Å². The molecular weight excluding hydrogens is 176 g/mol. The van der Waals surface area contributed by atoms with Gasteiger partial charge in [0.25, 0.3) is 0 Å². The van der Waals surface area contributed by atoms with Gasteiger partial charge in [0.05, 0.1) is 12.7 Å². The first-order valence-electron chi connectivity index (χ1n) is 4.99. The van der Waals surface area contributed by atoms with Crippen molar-refractivity contribution >= 4 is 0 Å². The fraction of sp³-hybridized carbons (Fsp3) is 0.727. The highest BCUT2D eigenvalue weighted by molar-refractivity contribution is 4.96. The summed E-state index contributed by atoms with van der Waals surface area (Å²) >= 11 is 0. The van der Waals surface area contributed by atoms with E-state index in [9.17, 15) is 0 Å². The van der Waals surface area contributed by atoms with Crippen LogP contribution < -0.4 is 0 Å². The van der Waals surface area contributed by atoms with Gasteiger partial charge >= 0.3 is 0 Å². The minimum absolute atomic E-state index is 0.570. The van der Waals surface area contributed by atoms with Crippen LogP contribution in [0.15, 0.2) is 12.2 Å². The lowest BCUT2D eigenvalue weighted by Gasteiger charge is -2.21. The Labute approximate surface area is 87.0 Å². The van der Waals surface area contributed by atoms with E-state index in [0.717, 1.165) is 26.1 Å². The summed E-state index contributed by atoms with van der Waals surface area (Å²) in [6, 6.07) is 2.15. The molecule has 3 nitrogen and oxygen atoms in total. The second-order valence-corrected chi connectivity index (χ2v) is 3.28.